The fourth-order valence-corrected chi connectivity index (χ4v) is 2.15. The van der Waals surface area contributed by atoms with Gasteiger partial charge in [-0.1, -0.05) is 38.0 Å². The molecule has 3 N–H and O–H groups in total. The van der Waals surface area contributed by atoms with Crippen LogP contribution in [0.4, 0.5) is 11.4 Å². The summed E-state index contributed by atoms with van der Waals surface area (Å²) in [6.07, 6.45) is 5.35. The molecule has 2 rings (SSSR count). The van der Waals surface area contributed by atoms with Gasteiger partial charge in [-0.15, -0.1) is 0 Å². The molecule has 1 atom stereocenters. The highest BCUT2D eigenvalue weighted by Crippen LogP contribution is 2.28. The second-order valence-electron chi connectivity index (χ2n) is 4.79. The van der Waals surface area contributed by atoms with Crippen molar-refractivity contribution in [2.75, 3.05) is 11.1 Å². The normalized spacial score (nSPS) is 12.6. The van der Waals surface area contributed by atoms with E-state index in [-0.39, 0.29) is 0 Å². The van der Waals surface area contributed by atoms with E-state index in [0.717, 1.165) is 28.7 Å². The van der Waals surface area contributed by atoms with E-state index in [9.17, 15) is 0 Å². The van der Waals surface area contributed by atoms with Crippen molar-refractivity contribution in [1.82, 2.24) is 4.98 Å². The zero-order valence-electron chi connectivity index (χ0n) is 11.1. The molecule has 3 heteroatoms. The highest BCUT2D eigenvalue weighted by atomic mass is 14.9. The van der Waals surface area contributed by atoms with E-state index in [1.807, 2.05) is 18.2 Å². The Morgan fingerprint density at radius 2 is 2.11 bits per heavy atom. The van der Waals surface area contributed by atoms with Gasteiger partial charge < -0.3 is 11.1 Å². The lowest BCUT2D eigenvalue weighted by Crippen LogP contribution is -2.16. The Labute approximate surface area is 108 Å². The van der Waals surface area contributed by atoms with E-state index >= 15 is 0 Å². The predicted molar refractivity (Wildman–Crippen MR) is 78.8 cm³/mol. The van der Waals surface area contributed by atoms with Crippen LogP contribution in [0.15, 0.2) is 30.5 Å². The average Bonchev–Trinajstić information content (AvgIpc) is 2.40. The summed E-state index contributed by atoms with van der Waals surface area (Å²) in [6.45, 7) is 4.41. The molecule has 1 unspecified atom stereocenters. The number of aromatic nitrogens is 1. The van der Waals surface area contributed by atoms with Crippen molar-refractivity contribution >= 4 is 22.3 Å². The lowest BCUT2D eigenvalue weighted by atomic mass is 10.1. The Morgan fingerprint density at radius 1 is 1.33 bits per heavy atom. The largest absolute Gasteiger partial charge is 0.396 e. The summed E-state index contributed by atoms with van der Waals surface area (Å²) in [5, 5.41) is 4.62. The third kappa shape index (κ3) is 2.73. The number of fused-ring (bicyclic) bond motifs is 1. The molecular weight excluding hydrogens is 222 g/mol. The van der Waals surface area contributed by atoms with Crippen molar-refractivity contribution in [3.05, 3.63) is 30.5 Å². The molecule has 96 valence electrons. The van der Waals surface area contributed by atoms with Gasteiger partial charge in [-0.2, -0.15) is 0 Å². The molecule has 1 heterocycles. The summed E-state index contributed by atoms with van der Waals surface area (Å²) in [4.78, 5) is 4.35. The van der Waals surface area contributed by atoms with Crippen molar-refractivity contribution < 1.29 is 0 Å². The third-order valence-electron chi connectivity index (χ3n) is 3.19. The van der Waals surface area contributed by atoms with Crippen molar-refractivity contribution in [3.8, 4) is 0 Å². The van der Waals surface area contributed by atoms with Crippen LogP contribution in [0.5, 0.6) is 0 Å². The van der Waals surface area contributed by atoms with Crippen molar-refractivity contribution in [3.63, 3.8) is 0 Å². The molecular formula is C15H21N3. The summed E-state index contributed by atoms with van der Waals surface area (Å²) in [6, 6.07) is 8.52. The smallest absolute Gasteiger partial charge is 0.0743 e. The minimum absolute atomic E-state index is 0.429. The standard InChI is InChI=1S/C15H21N3/c1-3-4-7-11(2)18-15-12-8-5-6-9-14(12)17-10-13(15)16/h5-6,8-11H,3-4,7,16H2,1-2H3,(H,17,18). The molecule has 1 aromatic carbocycles. The molecule has 0 saturated carbocycles. The highest BCUT2D eigenvalue weighted by Gasteiger charge is 2.09. The lowest BCUT2D eigenvalue weighted by Gasteiger charge is -2.18. The number of unbranched alkanes of at least 4 members (excludes halogenated alkanes) is 1. The quantitative estimate of drug-likeness (QED) is 0.839. The number of para-hydroxylation sites is 1. The van der Waals surface area contributed by atoms with Gasteiger partial charge in [0, 0.05) is 11.4 Å². The average molecular weight is 243 g/mol. The monoisotopic (exact) mass is 243 g/mol. The third-order valence-corrected chi connectivity index (χ3v) is 3.19. The first kappa shape index (κ1) is 12.7. The molecule has 0 aliphatic carbocycles. The number of nitrogens with zero attached hydrogens (tertiary/aromatic N) is 1. The van der Waals surface area contributed by atoms with Crippen LogP contribution in [0, 0.1) is 0 Å². The maximum Gasteiger partial charge on any atom is 0.0743 e. The van der Waals surface area contributed by atoms with Gasteiger partial charge in [0.2, 0.25) is 0 Å². The van der Waals surface area contributed by atoms with Gasteiger partial charge in [-0.25, -0.2) is 0 Å². The van der Waals surface area contributed by atoms with Gasteiger partial charge in [0.15, 0.2) is 0 Å². The van der Waals surface area contributed by atoms with E-state index in [1.54, 1.807) is 6.20 Å². The van der Waals surface area contributed by atoms with Gasteiger partial charge >= 0.3 is 0 Å². The first-order chi connectivity index (χ1) is 8.72. The van der Waals surface area contributed by atoms with Crippen LogP contribution in [-0.4, -0.2) is 11.0 Å². The number of hydrogen-bond donors (Lipinski definition) is 2. The van der Waals surface area contributed by atoms with E-state index in [2.05, 4.69) is 30.2 Å². The van der Waals surface area contributed by atoms with E-state index < -0.39 is 0 Å². The van der Waals surface area contributed by atoms with Gasteiger partial charge in [-0.05, 0) is 19.4 Å². The molecule has 3 nitrogen and oxygen atoms in total. The summed E-state index contributed by atoms with van der Waals surface area (Å²) in [7, 11) is 0. The number of nitrogen functional groups attached to an aromatic ring is 1. The molecule has 0 amide bonds. The Bertz CT molecular complexity index is 522. The highest BCUT2D eigenvalue weighted by molar-refractivity contribution is 5.96. The van der Waals surface area contributed by atoms with Crippen LogP contribution in [-0.2, 0) is 0 Å². The second-order valence-corrected chi connectivity index (χ2v) is 4.79. The Hall–Kier alpha value is -1.77. The molecule has 1 aromatic heterocycles. The molecule has 0 saturated heterocycles. The molecule has 0 fully saturated rings. The number of benzene rings is 1. The molecule has 0 spiro atoms. The second kappa shape index (κ2) is 5.71. The summed E-state index contributed by atoms with van der Waals surface area (Å²) >= 11 is 0. The molecule has 0 aliphatic heterocycles. The SMILES string of the molecule is CCCCC(C)Nc1c(N)cnc2ccccc12. The Balaban J connectivity index is 2.28. The molecule has 2 aromatic rings. The molecule has 0 aliphatic rings. The topological polar surface area (TPSA) is 50.9 Å². The summed E-state index contributed by atoms with van der Waals surface area (Å²) in [5.41, 5.74) is 8.76. The van der Waals surface area contributed by atoms with Gasteiger partial charge in [0.25, 0.3) is 0 Å². The zero-order chi connectivity index (χ0) is 13.0. The molecule has 18 heavy (non-hydrogen) atoms. The number of pyridine rings is 1. The van der Waals surface area contributed by atoms with E-state index in [1.165, 1.54) is 12.8 Å². The summed E-state index contributed by atoms with van der Waals surface area (Å²) in [5.74, 6) is 0. The van der Waals surface area contributed by atoms with Crippen molar-refractivity contribution in [2.45, 2.75) is 39.2 Å². The lowest BCUT2D eigenvalue weighted by molar-refractivity contribution is 0.646. The van der Waals surface area contributed by atoms with Crippen LogP contribution in [0.25, 0.3) is 10.9 Å². The van der Waals surface area contributed by atoms with Gasteiger partial charge in [0.1, 0.15) is 0 Å². The molecule has 0 bridgehead atoms. The number of nitrogens with two attached hydrogens (primary N) is 1. The zero-order valence-corrected chi connectivity index (χ0v) is 11.1. The first-order valence-corrected chi connectivity index (χ1v) is 6.62. The summed E-state index contributed by atoms with van der Waals surface area (Å²) < 4.78 is 0. The van der Waals surface area contributed by atoms with Gasteiger partial charge in [0.05, 0.1) is 23.1 Å². The van der Waals surface area contributed by atoms with Crippen molar-refractivity contribution in [2.24, 2.45) is 0 Å². The predicted octanol–water partition coefficient (Wildman–Crippen LogP) is 3.81. The van der Waals surface area contributed by atoms with Crippen LogP contribution < -0.4 is 11.1 Å². The van der Waals surface area contributed by atoms with Gasteiger partial charge in [-0.3, -0.25) is 4.98 Å². The number of rotatable bonds is 5. The number of anilines is 2. The number of nitrogens with one attached hydrogen (secondary N) is 1. The fourth-order valence-electron chi connectivity index (χ4n) is 2.15. The maximum atomic E-state index is 6.04. The van der Waals surface area contributed by atoms with Crippen LogP contribution in [0.3, 0.4) is 0 Å². The number of hydrogen-bond acceptors (Lipinski definition) is 3. The fraction of sp³-hybridized carbons (Fsp3) is 0.400. The van der Waals surface area contributed by atoms with Crippen LogP contribution in [0.1, 0.15) is 33.1 Å². The Morgan fingerprint density at radius 3 is 2.89 bits per heavy atom. The van der Waals surface area contributed by atoms with Crippen molar-refractivity contribution in [1.29, 1.82) is 0 Å². The maximum absolute atomic E-state index is 6.04. The minimum atomic E-state index is 0.429. The van der Waals surface area contributed by atoms with E-state index in [4.69, 9.17) is 5.73 Å². The first-order valence-electron chi connectivity index (χ1n) is 6.62. The molecule has 0 radical (unpaired) electrons. The van der Waals surface area contributed by atoms with Crippen LogP contribution >= 0.6 is 0 Å². The Kier molecular flexibility index (Phi) is 4.03. The van der Waals surface area contributed by atoms with Crippen LogP contribution in [0.2, 0.25) is 0 Å². The van der Waals surface area contributed by atoms with E-state index in [0.29, 0.717) is 6.04 Å². The minimum Gasteiger partial charge on any atom is -0.396 e.